The first kappa shape index (κ1) is 22.4. The average Bonchev–Trinajstić information content (AvgIpc) is 3.02. The van der Waals surface area contributed by atoms with E-state index in [-0.39, 0.29) is 5.41 Å². The van der Waals surface area contributed by atoms with Crippen LogP contribution in [0.2, 0.25) is 0 Å². The summed E-state index contributed by atoms with van der Waals surface area (Å²) in [5, 5.41) is 17.2. The molecule has 0 amide bonds. The van der Waals surface area contributed by atoms with Crippen molar-refractivity contribution in [2.45, 2.75) is 43.4 Å². The highest BCUT2D eigenvalue weighted by molar-refractivity contribution is 6.25. The molecule has 0 spiro atoms. The SMILES string of the molecule is c1cc2ccc3ccc(C4C5CC6CC(C5)CC4(c4ccc5ccc7cccc8ccc4c5c78)C6)c4ccc(c1)c2c34. The summed E-state index contributed by atoms with van der Waals surface area (Å²) in [6.45, 7) is 0. The van der Waals surface area contributed by atoms with Crippen molar-refractivity contribution in [3.63, 3.8) is 0 Å². The van der Waals surface area contributed by atoms with E-state index in [1.807, 2.05) is 0 Å². The second kappa shape index (κ2) is 7.61. The number of benzene rings is 8. The van der Waals surface area contributed by atoms with E-state index in [4.69, 9.17) is 0 Å². The largest absolute Gasteiger partial charge is 0.0610 e. The summed E-state index contributed by atoms with van der Waals surface area (Å²) in [6, 6.07) is 42.7. The molecule has 0 aromatic heterocycles. The first-order valence-electron chi connectivity index (χ1n) is 16.1. The summed E-state index contributed by atoms with van der Waals surface area (Å²) in [5.74, 6) is 3.08. The van der Waals surface area contributed by atoms with Gasteiger partial charge in [-0.25, -0.2) is 0 Å². The van der Waals surface area contributed by atoms with Crippen LogP contribution in [0.1, 0.15) is 49.1 Å². The van der Waals surface area contributed by atoms with Crippen molar-refractivity contribution >= 4 is 64.6 Å². The summed E-state index contributed by atoms with van der Waals surface area (Å²) in [5.41, 5.74) is 3.46. The van der Waals surface area contributed by atoms with E-state index in [1.165, 1.54) is 96.7 Å². The van der Waals surface area contributed by atoms with Crippen LogP contribution >= 0.6 is 0 Å². The summed E-state index contributed by atoms with van der Waals surface area (Å²) in [7, 11) is 0. The van der Waals surface area contributed by atoms with Gasteiger partial charge in [0.2, 0.25) is 0 Å². The molecule has 4 bridgehead atoms. The van der Waals surface area contributed by atoms with Crippen LogP contribution in [0, 0.1) is 17.8 Å². The Morgan fingerprint density at radius 3 is 1.52 bits per heavy atom. The Morgan fingerprint density at radius 2 is 0.905 bits per heavy atom. The lowest BCUT2D eigenvalue weighted by atomic mass is 9.42. The molecule has 0 saturated heterocycles. The maximum absolute atomic E-state index is 2.57. The van der Waals surface area contributed by atoms with E-state index in [1.54, 1.807) is 11.1 Å². The van der Waals surface area contributed by atoms with Crippen LogP contribution in [-0.2, 0) is 5.41 Å². The van der Waals surface area contributed by atoms with E-state index in [9.17, 15) is 0 Å². The van der Waals surface area contributed by atoms with Crippen molar-refractivity contribution in [2.24, 2.45) is 17.8 Å². The first-order chi connectivity index (χ1) is 20.7. The Balaban J connectivity index is 1.23. The lowest BCUT2D eigenvalue weighted by Gasteiger charge is -2.62. The van der Waals surface area contributed by atoms with Crippen molar-refractivity contribution < 1.29 is 0 Å². The van der Waals surface area contributed by atoms with Gasteiger partial charge in [0.05, 0.1) is 0 Å². The van der Waals surface area contributed by atoms with Crippen molar-refractivity contribution in [2.75, 3.05) is 0 Å². The zero-order chi connectivity index (χ0) is 27.2. The smallest absolute Gasteiger partial charge is 0.00359 e. The Bertz CT molecular complexity index is 2330. The zero-order valence-electron chi connectivity index (χ0n) is 23.7. The molecule has 0 heteroatoms. The molecule has 4 saturated carbocycles. The zero-order valence-corrected chi connectivity index (χ0v) is 23.7. The topological polar surface area (TPSA) is 0 Å². The molecular weight excluding hydrogens is 504 g/mol. The lowest BCUT2D eigenvalue weighted by Crippen LogP contribution is -2.54. The fraction of sp³-hybridized carbons (Fsp3) is 0.238. The average molecular weight is 537 g/mol. The minimum Gasteiger partial charge on any atom is -0.0610 e. The number of hydrogen-bond acceptors (Lipinski definition) is 0. The predicted molar refractivity (Wildman–Crippen MR) is 178 cm³/mol. The summed E-state index contributed by atoms with van der Waals surface area (Å²) < 4.78 is 0. The van der Waals surface area contributed by atoms with E-state index in [2.05, 4.69) is 109 Å². The monoisotopic (exact) mass is 536 g/mol. The van der Waals surface area contributed by atoms with Gasteiger partial charge in [-0.2, -0.15) is 0 Å². The quantitative estimate of drug-likeness (QED) is 0.193. The molecule has 200 valence electrons. The van der Waals surface area contributed by atoms with Crippen LogP contribution in [0.15, 0.2) is 109 Å². The normalized spacial score (nSPS) is 27.1. The van der Waals surface area contributed by atoms with Gasteiger partial charge in [-0.05, 0) is 132 Å². The van der Waals surface area contributed by atoms with Crippen molar-refractivity contribution in [1.29, 1.82) is 0 Å². The third-order valence-electron chi connectivity index (χ3n) is 12.3. The molecule has 0 nitrogen and oxygen atoms in total. The lowest BCUT2D eigenvalue weighted by molar-refractivity contribution is -0.0269. The molecular formula is C42H32. The molecule has 3 unspecified atom stereocenters. The molecule has 4 aliphatic rings. The molecule has 12 rings (SSSR count). The fourth-order valence-electron chi connectivity index (χ4n) is 11.2. The standard InChI is InChI=1S/C42H32/c1-3-26-7-9-30-12-16-34(33-15-11-28(5-1)37(26)39(30)33)41-32-20-24-19-25(21-32)23-42(41,22-24)36-18-14-31-10-8-27-4-2-6-29-13-17-35(36)40(31)38(27)29/h1-18,24-25,32,41H,19-23H2. The van der Waals surface area contributed by atoms with Gasteiger partial charge in [0, 0.05) is 5.41 Å². The van der Waals surface area contributed by atoms with Gasteiger partial charge in [0.1, 0.15) is 0 Å². The Morgan fingerprint density at radius 1 is 0.429 bits per heavy atom. The van der Waals surface area contributed by atoms with Crippen LogP contribution < -0.4 is 0 Å². The predicted octanol–water partition coefficient (Wildman–Crippen LogP) is 11.3. The van der Waals surface area contributed by atoms with Gasteiger partial charge in [-0.1, -0.05) is 109 Å². The fourth-order valence-corrected chi connectivity index (χ4v) is 11.2. The minimum absolute atomic E-state index is 0.194. The van der Waals surface area contributed by atoms with E-state index in [0.29, 0.717) is 5.92 Å². The maximum Gasteiger partial charge on any atom is 0.00359 e. The van der Waals surface area contributed by atoms with Crippen LogP contribution in [0.3, 0.4) is 0 Å². The first-order valence-corrected chi connectivity index (χ1v) is 16.1. The molecule has 4 fully saturated rings. The molecule has 0 N–H and O–H groups in total. The second-order valence-electron chi connectivity index (χ2n) is 14.2. The van der Waals surface area contributed by atoms with Crippen molar-refractivity contribution in [3.8, 4) is 0 Å². The molecule has 0 radical (unpaired) electrons. The molecule has 0 aliphatic heterocycles. The van der Waals surface area contributed by atoms with E-state index >= 15 is 0 Å². The highest BCUT2D eigenvalue weighted by Crippen LogP contribution is 2.68. The Hall–Kier alpha value is -4.16. The molecule has 3 atom stereocenters. The van der Waals surface area contributed by atoms with Gasteiger partial charge < -0.3 is 0 Å². The summed E-state index contributed by atoms with van der Waals surface area (Å²) in [6.07, 6.45) is 6.97. The Kier molecular flexibility index (Phi) is 4.07. The van der Waals surface area contributed by atoms with Gasteiger partial charge in [-0.3, -0.25) is 0 Å². The van der Waals surface area contributed by atoms with Crippen LogP contribution in [0.4, 0.5) is 0 Å². The maximum atomic E-state index is 2.57. The van der Waals surface area contributed by atoms with E-state index < -0.39 is 0 Å². The minimum atomic E-state index is 0.194. The molecule has 4 aliphatic carbocycles. The third kappa shape index (κ3) is 2.66. The van der Waals surface area contributed by atoms with Crippen LogP contribution in [-0.4, -0.2) is 0 Å². The number of rotatable bonds is 2. The number of hydrogen-bond donors (Lipinski definition) is 0. The molecule has 8 aromatic carbocycles. The third-order valence-corrected chi connectivity index (χ3v) is 12.3. The van der Waals surface area contributed by atoms with Crippen molar-refractivity contribution in [1.82, 2.24) is 0 Å². The van der Waals surface area contributed by atoms with Crippen LogP contribution in [0.25, 0.3) is 64.6 Å². The molecule has 8 aromatic rings. The Labute approximate surface area is 245 Å². The van der Waals surface area contributed by atoms with Gasteiger partial charge in [0.15, 0.2) is 0 Å². The highest BCUT2D eigenvalue weighted by atomic mass is 14.6. The molecule has 42 heavy (non-hydrogen) atoms. The molecule has 0 heterocycles. The second-order valence-corrected chi connectivity index (χ2v) is 14.2. The van der Waals surface area contributed by atoms with E-state index in [0.717, 1.165) is 17.8 Å². The highest BCUT2D eigenvalue weighted by Gasteiger charge is 2.58. The summed E-state index contributed by atoms with van der Waals surface area (Å²) in [4.78, 5) is 0. The van der Waals surface area contributed by atoms with Gasteiger partial charge in [-0.15, -0.1) is 0 Å². The van der Waals surface area contributed by atoms with Gasteiger partial charge in [0.25, 0.3) is 0 Å². The van der Waals surface area contributed by atoms with Crippen LogP contribution in [0.5, 0.6) is 0 Å². The summed E-state index contributed by atoms with van der Waals surface area (Å²) >= 11 is 0. The van der Waals surface area contributed by atoms with Gasteiger partial charge >= 0.3 is 0 Å². The van der Waals surface area contributed by atoms with Crippen molar-refractivity contribution in [3.05, 3.63) is 120 Å².